The van der Waals surface area contributed by atoms with Gasteiger partial charge in [0, 0.05) is 6.54 Å². The average Bonchev–Trinajstić information content (AvgIpc) is 2.86. The van der Waals surface area contributed by atoms with E-state index in [1.54, 1.807) is 7.11 Å². The molecule has 2 fully saturated rings. The largest absolute Gasteiger partial charge is 0.497 e. The van der Waals surface area contributed by atoms with Crippen LogP contribution >= 0.6 is 0 Å². The van der Waals surface area contributed by atoms with Crippen molar-refractivity contribution in [3.8, 4) is 5.75 Å². The van der Waals surface area contributed by atoms with Crippen molar-refractivity contribution in [2.45, 2.75) is 69.4 Å². The van der Waals surface area contributed by atoms with Crippen LogP contribution < -0.4 is 4.74 Å². The quantitative estimate of drug-likeness (QED) is 0.912. The van der Waals surface area contributed by atoms with Crippen LogP contribution in [0.3, 0.4) is 0 Å². The third-order valence-corrected chi connectivity index (χ3v) is 5.59. The minimum atomic E-state index is -0.770. The highest BCUT2D eigenvalue weighted by Crippen LogP contribution is 2.36. The predicted molar refractivity (Wildman–Crippen MR) is 94.0 cm³/mol. The second-order valence-electron chi connectivity index (χ2n) is 7.33. The minimum absolute atomic E-state index is 0.113. The number of rotatable bonds is 4. The van der Waals surface area contributed by atoms with Crippen molar-refractivity contribution in [3.63, 3.8) is 0 Å². The van der Waals surface area contributed by atoms with Gasteiger partial charge in [-0.15, -0.1) is 0 Å². The lowest BCUT2D eigenvalue weighted by molar-refractivity contribution is -0.138. The van der Waals surface area contributed by atoms with Gasteiger partial charge in [-0.2, -0.15) is 0 Å². The van der Waals surface area contributed by atoms with E-state index in [4.69, 9.17) is 4.74 Å². The Morgan fingerprint density at radius 1 is 1.17 bits per heavy atom. The summed E-state index contributed by atoms with van der Waals surface area (Å²) in [5.41, 5.74) is 0.401. The highest BCUT2D eigenvalue weighted by atomic mass is 16.5. The zero-order valence-electron chi connectivity index (χ0n) is 14.7. The Balaban J connectivity index is 1.77. The number of ether oxygens (including phenoxy) is 1. The molecule has 1 heterocycles. The van der Waals surface area contributed by atoms with E-state index < -0.39 is 5.60 Å². The molecule has 1 amide bonds. The topological polar surface area (TPSA) is 49.8 Å². The van der Waals surface area contributed by atoms with Crippen molar-refractivity contribution in [1.29, 1.82) is 0 Å². The summed E-state index contributed by atoms with van der Waals surface area (Å²) >= 11 is 0. The van der Waals surface area contributed by atoms with Crippen LogP contribution in [0.2, 0.25) is 0 Å². The highest BCUT2D eigenvalue weighted by molar-refractivity contribution is 5.78. The number of benzene rings is 1. The van der Waals surface area contributed by atoms with Gasteiger partial charge >= 0.3 is 0 Å². The summed E-state index contributed by atoms with van der Waals surface area (Å²) in [5.74, 6) is 0.952. The van der Waals surface area contributed by atoms with Gasteiger partial charge in [0.05, 0.1) is 25.2 Å². The third kappa shape index (κ3) is 3.92. The van der Waals surface area contributed by atoms with Crippen molar-refractivity contribution in [2.24, 2.45) is 0 Å². The summed E-state index contributed by atoms with van der Waals surface area (Å²) in [6, 6.07) is 8.19. The maximum Gasteiger partial charge on any atom is 0.225 e. The first-order chi connectivity index (χ1) is 11.6. The lowest BCUT2D eigenvalue weighted by Gasteiger charge is -2.33. The van der Waals surface area contributed by atoms with E-state index in [0.717, 1.165) is 57.2 Å². The van der Waals surface area contributed by atoms with Gasteiger partial charge < -0.3 is 14.7 Å². The van der Waals surface area contributed by atoms with Crippen molar-refractivity contribution < 1.29 is 14.6 Å². The van der Waals surface area contributed by atoms with Crippen molar-refractivity contribution in [1.82, 2.24) is 4.90 Å². The van der Waals surface area contributed by atoms with E-state index in [1.165, 1.54) is 12.0 Å². The maximum atomic E-state index is 13.0. The van der Waals surface area contributed by atoms with E-state index in [1.807, 2.05) is 17.0 Å². The summed E-state index contributed by atoms with van der Waals surface area (Å²) < 4.78 is 5.24. The number of amides is 1. The number of likely N-dealkylation sites (tertiary alicyclic amines) is 1. The fourth-order valence-corrected chi connectivity index (χ4v) is 4.17. The molecular formula is C20H29NO3. The molecular weight excluding hydrogens is 302 g/mol. The van der Waals surface area contributed by atoms with Gasteiger partial charge in [-0.3, -0.25) is 4.79 Å². The van der Waals surface area contributed by atoms with E-state index in [-0.39, 0.29) is 18.4 Å². The molecule has 1 aromatic carbocycles. The number of carbonyl (C=O) groups is 1. The first-order valence-corrected chi connectivity index (χ1v) is 9.27. The first kappa shape index (κ1) is 17.3. The Morgan fingerprint density at radius 3 is 2.54 bits per heavy atom. The molecule has 1 aliphatic carbocycles. The van der Waals surface area contributed by atoms with E-state index >= 15 is 0 Å². The second kappa shape index (κ2) is 7.56. The molecule has 0 spiro atoms. The number of hydrogen-bond donors (Lipinski definition) is 1. The van der Waals surface area contributed by atoms with Crippen LogP contribution in [0.1, 0.15) is 69.4 Å². The van der Waals surface area contributed by atoms with Crippen molar-refractivity contribution >= 4 is 5.91 Å². The lowest BCUT2D eigenvalue weighted by Crippen LogP contribution is -2.40. The molecule has 1 unspecified atom stereocenters. The molecule has 2 aliphatic rings. The predicted octanol–water partition coefficient (Wildman–Crippen LogP) is 3.83. The average molecular weight is 331 g/mol. The Kier molecular flexibility index (Phi) is 5.44. The van der Waals surface area contributed by atoms with E-state index in [0.29, 0.717) is 0 Å². The van der Waals surface area contributed by atoms with Crippen LogP contribution in [0.25, 0.3) is 0 Å². The van der Waals surface area contributed by atoms with Gasteiger partial charge in [-0.1, -0.05) is 37.8 Å². The molecule has 132 valence electrons. The smallest absolute Gasteiger partial charge is 0.225 e. The molecule has 24 heavy (non-hydrogen) atoms. The lowest BCUT2D eigenvalue weighted by atomic mass is 9.95. The van der Waals surface area contributed by atoms with Crippen LogP contribution in [-0.4, -0.2) is 35.2 Å². The highest BCUT2D eigenvalue weighted by Gasteiger charge is 2.36. The maximum absolute atomic E-state index is 13.0. The number of aliphatic hydroxyl groups is 1. The fraction of sp³-hybridized carbons (Fsp3) is 0.650. The standard InChI is InChI=1S/C20H29NO3/c1-24-17-10-8-16(9-11-17)18-7-3-2-6-14-21(18)19(22)15-20(23)12-4-5-13-20/h8-11,18,23H,2-7,12-15H2,1H3. The molecule has 0 bridgehead atoms. The van der Waals surface area contributed by atoms with Crippen LogP contribution in [0.5, 0.6) is 5.75 Å². The zero-order valence-corrected chi connectivity index (χ0v) is 14.7. The number of methoxy groups -OCH3 is 1. The van der Waals surface area contributed by atoms with Crippen LogP contribution in [0.15, 0.2) is 24.3 Å². The number of hydrogen-bond acceptors (Lipinski definition) is 3. The van der Waals surface area contributed by atoms with Crippen LogP contribution in [0.4, 0.5) is 0 Å². The van der Waals surface area contributed by atoms with Crippen molar-refractivity contribution in [2.75, 3.05) is 13.7 Å². The van der Waals surface area contributed by atoms with Gasteiger partial charge in [-0.25, -0.2) is 0 Å². The first-order valence-electron chi connectivity index (χ1n) is 9.27. The third-order valence-electron chi connectivity index (χ3n) is 5.59. The summed E-state index contributed by atoms with van der Waals surface area (Å²) in [7, 11) is 1.67. The molecule has 1 atom stereocenters. The molecule has 3 rings (SSSR count). The van der Waals surface area contributed by atoms with Crippen molar-refractivity contribution in [3.05, 3.63) is 29.8 Å². The zero-order chi connectivity index (χ0) is 17.0. The molecule has 0 aromatic heterocycles. The molecule has 1 aromatic rings. The van der Waals surface area contributed by atoms with Gasteiger partial charge in [0.15, 0.2) is 0 Å². The van der Waals surface area contributed by atoms with Gasteiger partial charge in [0.25, 0.3) is 0 Å². The molecule has 4 heteroatoms. The SMILES string of the molecule is COc1ccc(C2CCCCCN2C(=O)CC2(O)CCCC2)cc1. The summed E-state index contributed by atoms with van der Waals surface area (Å²) in [6.45, 7) is 0.797. The van der Waals surface area contributed by atoms with E-state index in [9.17, 15) is 9.90 Å². The Labute approximate surface area is 144 Å². The molecule has 1 saturated carbocycles. The van der Waals surface area contributed by atoms with Gasteiger partial charge in [0.2, 0.25) is 5.91 Å². The molecule has 1 aliphatic heterocycles. The Bertz CT molecular complexity index is 549. The molecule has 1 saturated heterocycles. The van der Waals surface area contributed by atoms with Gasteiger partial charge in [0.1, 0.15) is 5.75 Å². The molecule has 1 N–H and O–H groups in total. The molecule has 4 nitrogen and oxygen atoms in total. The molecule has 0 radical (unpaired) electrons. The monoisotopic (exact) mass is 331 g/mol. The Hall–Kier alpha value is -1.55. The van der Waals surface area contributed by atoms with Crippen LogP contribution in [0, 0.1) is 0 Å². The van der Waals surface area contributed by atoms with E-state index in [2.05, 4.69) is 12.1 Å². The summed E-state index contributed by atoms with van der Waals surface area (Å²) in [4.78, 5) is 15.0. The fourth-order valence-electron chi connectivity index (χ4n) is 4.17. The second-order valence-corrected chi connectivity index (χ2v) is 7.33. The minimum Gasteiger partial charge on any atom is -0.497 e. The Morgan fingerprint density at radius 2 is 1.88 bits per heavy atom. The van der Waals surface area contributed by atoms with Crippen LogP contribution in [-0.2, 0) is 4.79 Å². The summed E-state index contributed by atoms with van der Waals surface area (Å²) in [6.07, 6.45) is 8.23. The number of carbonyl (C=O) groups excluding carboxylic acids is 1. The number of nitrogens with zero attached hydrogens (tertiary/aromatic N) is 1. The van der Waals surface area contributed by atoms with Gasteiger partial charge in [-0.05, 0) is 43.4 Å². The normalized spacial score (nSPS) is 23.8. The summed E-state index contributed by atoms with van der Waals surface area (Å²) in [5, 5.41) is 10.6.